The molecule has 1 aromatic heterocycles. The predicted molar refractivity (Wildman–Crippen MR) is 114 cm³/mol. The number of rotatable bonds is 4. The van der Waals surface area contributed by atoms with Gasteiger partial charge >= 0.3 is 0 Å². The minimum absolute atomic E-state index is 0.136. The van der Waals surface area contributed by atoms with Crippen molar-refractivity contribution >= 4 is 28.3 Å². The van der Waals surface area contributed by atoms with Gasteiger partial charge in [-0.1, -0.05) is 36.4 Å². The lowest BCUT2D eigenvalue weighted by atomic mass is 10.1. The van der Waals surface area contributed by atoms with Crippen LogP contribution in [0.25, 0.3) is 10.8 Å². The number of carbonyl (C=O) groups is 2. The molecule has 0 aliphatic carbocycles. The molecule has 1 aliphatic heterocycles. The number of amides is 2. The molecule has 1 N–H and O–H groups in total. The molecule has 148 valence electrons. The van der Waals surface area contributed by atoms with Crippen molar-refractivity contribution < 1.29 is 9.59 Å². The van der Waals surface area contributed by atoms with Crippen LogP contribution >= 0.6 is 0 Å². The highest BCUT2D eigenvalue weighted by atomic mass is 16.2. The van der Waals surface area contributed by atoms with Crippen LogP contribution in [-0.4, -0.2) is 52.8 Å². The van der Waals surface area contributed by atoms with Gasteiger partial charge in [-0.3, -0.25) is 19.5 Å². The van der Waals surface area contributed by atoms with E-state index in [1.165, 1.54) is 0 Å². The fraction of sp³-hybridized carbons (Fsp3) is 0.261. The zero-order chi connectivity index (χ0) is 20.2. The highest BCUT2D eigenvalue weighted by Crippen LogP contribution is 2.19. The first-order valence-electron chi connectivity index (χ1n) is 9.82. The fourth-order valence-electron chi connectivity index (χ4n) is 3.72. The van der Waals surface area contributed by atoms with E-state index in [9.17, 15) is 9.59 Å². The molecule has 0 unspecified atom stereocenters. The van der Waals surface area contributed by atoms with Gasteiger partial charge in [-0.2, -0.15) is 0 Å². The summed E-state index contributed by atoms with van der Waals surface area (Å²) >= 11 is 0. The monoisotopic (exact) mass is 388 g/mol. The van der Waals surface area contributed by atoms with E-state index < -0.39 is 0 Å². The van der Waals surface area contributed by atoms with Gasteiger partial charge in [0, 0.05) is 56.9 Å². The first kappa shape index (κ1) is 19.1. The summed E-state index contributed by atoms with van der Waals surface area (Å²) in [5.74, 6) is -0.0783. The average molecular weight is 388 g/mol. The molecule has 1 aliphatic rings. The normalized spacial score (nSPS) is 14.7. The molecule has 1 saturated heterocycles. The first-order chi connectivity index (χ1) is 14.1. The van der Waals surface area contributed by atoms with Crippen molar-refractivity contribution in [1.82, 2.24) is 14.8 Å². The Bertz CT molecular complexity index is 1040. The van der Waals surface area contributed by atoms with E-state index in [2.05, 4.69) is 21.3 Å². The van der Waals surface area contributed by atoms with E-state index in [0.29, 0.717) is 5.69 Å². The maximum Gasteiger partial charge on any atom is 0.274 e. The molecule has 0 bridgehead atoms. The zero-order valence-electron chi connectivity index (χ0n) is 16.5. The smallest absolute Gasteiger partial charge is 0.274 e. The van der Waals surface area contributed by atoms with E-state index in [0.717, 1.165) is 54.7 Å². The summed E-state index contributed by atoms with van der Waals surface area (Å²) in [7, 11) is 0. The van der Waals surface area contributed by atoms with Crippen molar-refractivity contribution in [3.8, 4) is 0 Å². The van der Waals surface area contributed by atoms with Crippen molar-refractivity contribution in [3.63, 3.8) is 0 Å². The molecule has 1 fully saturated rings. The number of anilines is 1. The molecule has 29 heavy (non-hydrogen) atoms. The summed E-state index contributed by atoms with van der Waals surface area (Å²) in [5.41, 5.74) is 2.31. The van der Waals surface area contributed by atoms with Gasteiger partial charge in [0.25, 0.3) is 5.91 Å². The van der Waals surface area contributed by atoms with Crippen LogP contribution in [-0.2, 0) is 11.3 Å². The third-order valence-electron chi connectivity index (χ3n) is 5.30. The van der Waals surface area contributed by atoms with E-state index in [-0.39, 0.29) is 11.8 Å². The lowest BCUT2D eigenvalue weighted by molar-refractivity contribution is -0.130. The molecular formula is C23H24N4O2. The number of piperazine rings is 1. The predicted octanol–water partition coefficient (Wildman–Crippen LogP) is 3.15. The second-order valence-electron chi connectivity index (χ2n) is 7.32. The Balaban J connectivity index is 1.44. The highest BCUT2D eigenvalue weighted by molar-refractivity contribution is 6.11. The zero-order valence-corrected chi connectivity index (χ0v) is 16.5. The number of aromatic nitrogens is 1. The van der Waals surface area contributed by atoms with Gasteiger partial charge < -0.3 is 10.2 Å². The minimum Gasteiger partial charge on any atom is -0.340 e. The number of pyridine rings is 1. The fourth-order valence-corrected chi connectivity index (χ4v) is 3.72. The molecule has 6 heteroatoms. The summed E-state index contributed by atoms with van der Waals surface area (Å²) in [4.78, 5) is 32.8. The molecule has 2 aromatic carbocycles. The number of carbonyl (C=O) groups excluding carboxylic acids is 2. The van der Waals surface area contributed by atoms with Crippen molar-refractivity contribution in [1.29, 1.82) is 0 Å². The highest BCUT2D eigenvalue weighted by Gasteiger charge is 2.18. The third-order valence-corrected chi connectivity index (χ3v) is 5.30. The Morgan fingerprint density at radius 2 is 1.79 bits per heavy atom. The van der Waals surface area contributed by atoms with Crippen molar-refractivity contribution in [3.05, 3.63) is 72.1 Å². The van der Waals surface area contributed by atoms with Crippen LogP contribution in [0.2, 0.25) is 0 Å². The SMILES string of the molecule is CC(=O)N1CCN(Cc2cccc(NC(=O)c3nccc4ccccc34)c2)CC1. The van der Waals surface area contributed by atoms with E-state index in [1.807, 2.05) is 53.4 Å². The van der Waals surface area contributed by atoms with Crippen molar-refractivity contribution in [2.75, 3.05) is 31.5 Å². The molecule has 0 radical (unpaired) electrons. The Morgan fingerprint density at radius 1 is 1.00 bits per heavy atom. The number of hydrogen-bond donors (Lipinski definition) is 1. The Kier molecular flexibility index (Phi) is 5.53. The van der Waals surface area contributed by atoms with E-state index in [4.69, 9.17) is 0 Å². The van der Waals surface area contributed by atoms with Crippen molar-refractivity contribution in [2.45, 2.75) is 13.5 Å². The Labute approximate surface area is 170 Å². The van der Waals surface area contributed by atoms with Gasteiger partial charge in [0.1, 0.15) is 5.69 Å². The molecule has 0 spiro atoms. The first-order valence-corrected chi connectivity index (χ1v) is 9.82. The summed E-state index contributed by atoms with van der Waals surface area (Å²) in [6, 6.07) is 17.5. The largest absolute Gasteiger partial charge is 0.340 e. The summed E-state index contributed by atoms with van der Waals surface area (Å²) < 4.78 is 0. The van der Waals surface area contributed by atoms with Crippen LogP contribution in [0.3, 0.4) is 0 Å². The number of nitrogens with one attached hydrogen (secondary N) is 1. The van der Waals surface area contributed by atoms with Crippen LogP contribution in [0.1, 0.15) is 23.0 Å². The van der Waals surface area contributed by atoms with Crippen LogP contribution in [0.15, 0.2) is 60.8 Å². The second kappa shape index (κ2) is 8.41. The number of hydrogen-bond acceptors (Lipinski definition) is 4. The maximum atomic E-state index is 12.8. The van der Waals surface area contributed by atoms with Crippen molar-refractivity contribution in [2.24, 2.45) is 0 Å². The van der Waals surface area contributed by atoms with Gasteiger partial charge in [0.15, 0.2) is 0 Å². The minimum atomic E-state index is -0.214. The summed E-state index contributed by atoms with van der Waals surface area (Å²) in [6.07, 6.45) is 1.66. The maximum absolute atomic E-state index is 12.8. The van der Waals surface area contributed by atoms with E-state index >= 15 is 0 Å². The third kappa shape index (κ3) is 4.43. The van der Waals surface area contributed by atoms with Gasteiger partial charge in [0.05, 0.1) is 0 Å². The Morgan fingerprint density at radius 3 is 2.59 bits per heavy atom. The molecule has 0 saturated carbocycles. The number of nitrogens with zero attached hydrogens (tertiary/aromatic N) is 3. The van der Waals surface area contributed by atoms with Crippen LogP contribution in [0, 0.1) is 0 Å². The molecule has 0 atom stereocenters. The van der Waals surface area contributed by atoms with Gasteiger partial charge in [-0.25, -0.2) is 0 Å². The quantitative estimate of drug-likeness (QED) is 0.746. The second-order valence-corrected chi connectivity index (χ2v) is 7.32. The lowest BCUT2D eigenvalue weighted by Crippen LogP contribution is -2.47. The van der Waals surface area contributed by atoms with Crippen LogP contribution < -0.4 is 5.32 Å². The molecule has 2 heterocycles. The molecule has 3 aromatic rings. The number of benzene rings is 2. The van der Waals surface area contributed by atoms with Crippen LogP contribution in [0.5, 0.6) is 0 Å². The van der Waals surface area contributed by atoms with Gasteiger partial charge in [-0.05, 0) is 29.1 Å². The summed E-state index contributed by atoms with van der Waals surface area (Å²) in [5, 5.41) is 4.81. The number of fused-ring (bicyclic) bond motifs is 1. The molecule has 6 nitrogen and oxygen atoms in total. The molecular weight excluding hydrogens is 364 g/mol. The lowest BCUT2D eigenvalue weighted by Gasteiger charge is -2.34. The summed E-state index contributed by atoms with van der Waals surface area (Å²) in [6.45, 7) is 5.65. The topological polar surface area (TPSA) is 65.5 Å². The van der Waals surface area contributed by atoms with Crippen LogP contribution in [0.4, 0.5) is 5.69 Å². The average Bonchev–Trinajstić information content (AvgIpc) is 2.74. The molecule has 4 rings (SSSR count). The standard InChI is InChI=1S/C23H24N4O2/c1-17(28)27-13-11-26(12-14-27)16-18-5-4-7-20(15-18)25-23(29)22-21-8-3-2-6-19(21)9-10-24-22/h2-10,15H,11-14,16H2,1H3,(H,25,29). The molecule has 2 amide bonds. The van der Waals surface area contributed by atoms with Gasteiger partial charge in [0.2, 0.25) is 5.91 Å². The Hall–Kier alpha value is -3.25. The van der Waals surface area contributed by atoms with E-state index in [1.54, 1.807) is 13.1 Å². The van der Waals surface area contributed by atoms with Gasteiger partial charge in [-0.15, -0.1) is 0 Å².